The van der Waals surface area contributed by atoms with Gasteiger partial charge in [0.15, 0.2) is 0 Å². The van der Waals surface area contributed by atoms with E-state index >= 15 is 0 Å². The van der Waals surface area contributed by atoms with Gasteiger partial charge in [-0.05, 0) is 22.4 Å². The van der Waals surface area contributed by atoms with Crippen LogP contribution in [0.5, 0.6) is 0 Å². The summed E-state index contributed by atoms with van der Waals surface area (Å²) in [6.07, 6.45) is 0. The number of rotatable bonds is 2. The van der Waals surface area contributed by atoms with Crippen molar-refractivity contribution in [3.05, 3.63) is 48.0 Å². The molecule has 2 aromatic rings. The lowest BCUT2D eigenvalue weighted by molar-refractivity contribution is 0.142. The summed E-state index contributed by atoms with van der Waals surface area (Å²) in [6, 6.07) is 15.6. The van der Waals surface area contributed by atoms with Crippen LogP contribution in [0.4, 0.5) is 0 Å². The van der Waals surface area contributed by atoms with Gasteiger partial charge in [-0.3, -0.25) is 4.90 Å². The van der Waals surface area contributed by atoms with Gasteiger partial charge in [0.05, 0.1) is 0 Å². The van der Waals surface area contributed by atoms with Crippen molar-refractivity contribution in [2.24, 2.45) is 5.73 Å². The second-order valence-electron chi connectivity index (χ2n) is 4.64. The highest BCUT2D eigenvalue weighted by molar-refractivity contribution is 5.82. The Balaban J connectivity index is 1.82. The van der Waals surface area contributed by atoms with Crippen LogP contribution >= 0.6 is 0 Å². The van der Waals surface area contributed by atoms with Crippen LogP contribution < -0.4 is 5.73 Å². The van der Waals surface area contributed by atoms with E-state index in [1.54, 1.807) is 0 Å². The van der Waals surface area contributed by atoms with Crippen LogP contribution in [0.2, 0.25) is 0 Å². The van der Waals surface area contributed by atoms with Gasteiger partial charge in [-0.25, -0.2) is 0 Å². The maximum Gasteiger partial charge on any atom is 0.0297 e. The predicted molar refractivity (Wildman–Crippen MR) is 67.2 cm³/mol. The molecule has 16 heavy (non-hydrogen) atoms. The molecular formula is C14H16N2. The maximum atomic E-state index is 5.77. The zero-order valence-electron chi connectivity index (χ0n) is 9.26. The number of nitrogens with zero attached hydrogens (tertiary/aromatic N) is 1. The average molecular weight is 212 g/mol. The smallest absolute Gasteiger partial charge is 0.0297 e. The van der Waals surface area contributed by atoms with Gasteiger partial charge in [0.2, 0.25) is 0 Å². The SMILES string of the molecule is NC1CN(Cc2ccc3ccccc3c2)C1. The molecular weight excluding hydrogens is 196 g/mol. The Kier molecular flexibility index (Phi) is 2.39. The van der Waals surface area contributed by atoms with Crippen molar-refractivity contribution in [2.75, 3.05) is 13.1 Å². The van der Waals surface area contributed by atoms with E-state index in [0.29, 0.717) is 6.04 Å². The molecule has 2 aromatic carbocycles. The first-order valence-corrected chi connectivity index (χ1v) is 5.77. The van der Waals surface area contributed by atoms with Crippen LogP contribution in [0.15, 0.2) is 42.5 Å². The van der Waals surface area contributed by atoms with Crippen molar-refractivity contribution >= 4 is 10.8 Å². The normalized spacial score (nSPS) is 17.6. The molecule has 0 atom stereocenters. The highest BCUT2D eigenvalue weighted by atomic mass is 15.2. The fraction of sp³-hybridized carbons (Fsp3) is 0.286. The molecule has 3 rings (SSSR count). The number of likely N-dealkylation sites (tertiary alicyclic amines) is 1. The quantitative estimate of drug-likeness (QED) is 0.824. The summed E-state index contributed by atoms with van der Waals surface area (Å²) in [5, 5.41) is 2.64. The van der Waals surface area contributed by atoms with Gasteiger partial charge in [0.1, 0.15) is 0 Å². The Morgan fingerprint density at radius 1 is 1.06 bits per heavy atom. The molecule has 82 valence electrons. The van der Waals surface area contributed by atoms with E-state index in [-0.39, 0.29) is 0 Å². The minimum absolute atomic E-state index is 0.389. The van der Waals surface area contributed by atoms with Crippen molar-refractivity contribution in [2.45, 2.75) is 12.6 Å². The van der Waals surface area contributed by atoms with Gasteiger partial charge in [-0.2, -0.15) is 0 Å². The number of hydrogen-bond donors (Lipinski definition) is 1. The number of fused-ring (bicyclic) bond motifs is 1. The molecule has 0 saturated carbocycles. The van der Waals surface area contributed by atoms with Gasteiger partial charge in [-0.1, -0.05) is 36.4 Å². The molecule has 2 N–H and O–H groups in total. The Morgan fingerprint density at radius 3 is 2.56 bits per heavy atom. The molecule has 1 saturated heterocycles. The zero-order valence-corrected chi connectivity index (χ0v) is 9.26. The standard InChI is InChI=1S/C14H16N2/c15-14-9-16(10-14)8-11-5-6-12-3-1-2-4-13(12)7-11/h1-7,14H,8-10,15H2. The Bertz CT molecular complexity index is 501. The number of hydrogen-bond acceptors (Lipinski definition) is 2. The molecule has 0 unspecified atom stereocenters. The molecule has 1 aliphatic rings. The monoisotopic (exact) mass is 212 g/mol. The zero-order chi connectivity index (χ0) is 11.0. The minimum Gasteiger partial charge on any atom is -0.325 e. The number of benzene rings is 2. The molecule has 0 radical (unpaired) electrons. The lowest BCUT2D eigenvalue weighted by Gasteiger charge is -2.36. The molecule has 1 aliphatic heterocycles. The summed E-state index contributed by atoms with van der Waals surface area (Å²) in [6.45, 7) is 3.10. The van der Waals surface area contributed by atoms with Crippen LogP contribution in [0.1, 0.15) is 5.56 Å². The minimum atomic E-state index is 0.389. The van der Waals surface area contributed by atoms with E-state index < -0.39 is 0 Å². The van der Waals surface area contributed by atoms with Crippen LogP contribution in [-0.2, 0) is 6.54 Å². The average Bonchev–Trinajstić information content (AvgIpc) is 2.27. The largest absolute Gasteiger partial charge is 0.325 e. The van der Waals surface area contributed by atoms with Crippen molar-refractivity contribution in [1.82, 2.24) is 4.90 Å². The van der Waals surface area contributed by atoms with Crippen molar-refractivity contribution in [3.8, 4) is 0 Å². The molecule has 2 heteroatoms. The van der Waals surface area contributed by atoms with Crippen LogP contribution in [0, 0.1) is 0 Å². The van der Waals surface area contributed by atoms with Gasteiger partial charge in [0, 0.05) is 25.7 Å². The lowest BCUT2D eigenvalue weighted by atomic mass is 10.0. The predicted octanol–water partition coefficient (Wildman–Crippen LogP) is 1.98. The molecule has 1 fully saturated rings. The van der Waals surface area contributed by atoms with Crippen LogP contribution in [-0.4, -0.2) is 24.0 Å². The maximum absolute atomic E-state index is 5.77. The highest BCUT2D eigenvalue weighted by Gasteiger charge is 2.22. The van der Waals surface area contributed by atoms with E-state index in [4.69, 9.17) is 5.73 Å². The molecule has 2 nitrogen and oxygen atoms in total. The lowest BCUT2D eigenvalue weighted by Crippen LogP contribution is -2.54. The first-order valence-electron chi connectivity index (χ1n) is 5.77. The Morgan fingerprint density at radius 2 is 1.81 bits per heavy atom. The summed E-state index contributed by atoms with van der Waals surface area (Å²) in [4.78, 5) is 2.38. The summed E-state index contributed by atoms with van der Waals surface area (Å²) < 4.78 is 0. The van der Waals surface area contributed by atoms with E-state index in [0.717, 1.165) is 19.6 Å². The third-order valence-corrected chi connectivity index (χ3v) is 3.21. The summed E-state index contributed by atoms with van der Waals surface area (Å²) in [5.74, 6) is 0. The van der Waals surface area contributed by atoms with Crippen molar-refractivity contribution < 1.29 is 0 Å². The van der Waals surface area contributed by atoms with Crippen LogP contribution in [0.3, 0.4) is 0 Å². The van der Waals surface area contributed by atoms with Gasteiger partial charge in [-0.15, -0.1) is 0 Å². The fourth-order valence-corrected chi connectivity index (χ4v) is 2.33. The van der Waals surface area contributed by atoms with Gasteiger partial charge >= 0.3 is 0 Å². The summed E-state index contributed by atoms with van der Waals surface area (Å²) in [5.41, 5.74) is 7.15. The van der Waals surface area contributed by atoms with E-state index in [2.05, 4.69) is 47.4 Å². The van der Waals surface area contributed by atoms with Crippen molar-refractivity contribution in [1.29, 1.82) is 0 Å². The van der Waals surface area contributed by atoms with E-state index in [1.807, 2.05) is 0 Å². The first-order chi connectivity index (χ1) is 7.81. The third-order valence-electron chi connectivity index (χ3n) is 3.21. The number of nitrogens with two attached hydrogens (primary N) is 1. The Hall–Kier alpha value is -1.38. The summed E-state index contributed by atoms with van der Waals surface area (Å²) >= 11 is 0. The molecule has 0 aliphatic carbocycles. The van der Waals surface area contributed by atoms with E-state index in [1.165, 1.54) is 16.3 Å². The third kappa shape index (κ3) is 1.82. The van der Waals surface area contributed by atoms with Gasteiger partial charge < -0.3 is 5.73 Å². The van der Waals surface area contributed by atoms with Crippen molar-refractivity contribution in [3.63, 3.8) is 0 Å². The molecule has 1 heterocycles. The van der Waals surface area contributed by atoms with Crippen LogP contribution in [0.25, 0.3) is 10.8 Å². The topological polar surface area (TPSA) is 29.3 Å². The molecule has 0 amide bonds. The molecule has 0 bridgehead atoms. The highest BCUT2D eigenvalue weighted by Crippen LogP contribution is 2.18. The Labute approximate surface area is 95.7 Å². The van der Waals surface area contributed by atoms with Gasteiger partial charge in [0.25, 0.3) is 0 Å². The second-order valence-corrected chi connectivity index (χ2v) is 4.64. The fourth-order valence-electron chi connectivity index (χ4n) is 2.33. The summed E-state index contributed by atoms with van der Waals surface area (Å²) in [7, 11) is 0. The second kappa shape index (κ2) is 3.89. The molecule has 0 aromatic heterocycles. The van der Waals surface area contributed by atoms with E-state index in [9.17, 15) is 0 Å². The molecule has 0 spiro atoms. The first kappa shape index (κ1) is 9.82.